The van der Waals surface area contributed by atoms with Crippen LogP contribution in [0.2, 0.25) is 5.02 Å². The maximum absolute atomic E-state index is 11.6. The smallest absolute Gasteiger partial charge is 0.226 e. The van der Waals surface area contributed by atoms with E-state index >= 15 is 0 Å². The average Bonchev–Trinajstić information content (AvgIpc) is 2.18. The van der Waals surface area contributed by atoms with Crippen LogP contribution in [-0.4, -0.2) is 18.6 Å². The lowest BCUT2D eigenvalue weighted by Crippen LogP contribution is -2.36. The summed E-state index contributed by atoms with van der Waals surface area (Å²) >= 11 is 5.88. The third-order valence-electron chi connectivity index (χ3n) is 2.05. The number of carbonyl (C=O) groups is 1. The summed E-state index contributed by atoms with van der Waals surface area (Å²) in [5.41, 5.74) is 5.88. The number of methoxy groups -OCH3 is 1. The van der Waals surface area contributed by atoms with Crippen molar-refractivity contribution in [2.75, 3.05) is 12.4 Å². The Bertz CT molecular complexity index is 413. The summed E-state index contributed by atoms with van der Waals surface area (Å²) in [4.78, 5) is 11.6. The fourth-order valence-electron chi connectivity index (χ4n) is 1.36. The van der Waals surface area contributed by atoms with E-state index in [0.29, 0.717) is 16.5 Å². The van der Waals surface area contributed by atoms with Crippen molar-refractivity contribution in [2.45, 2.75) is 25.8 Å². The van der Waals surface area contributed by atoms with Gasteiger partial charge in [0.25, 0.3) is 0 Å². The highest BCUT2D eigenvalue weighted by atomic mass is 35.5. The molecule has 17 heavy (non-hydrogen) atoms. The molecule has 0 fully saturated rings. The number of hydrogen-bond acceptors (Lipinski definition) is 3. The van der Waals surface area contributed by atoms with Gasteiger partial charge in [-0.25, -0.2) is 0 Å². The molecule has 0 atom stereocenters. The quantitative estimate of drug-likeness (QED) is 0.870. The molecule has 4 nitrogen and oxygen atoms in total. The fraction of sp³-hybridized carbons (Fsp3) is 0.417. The number of ether oxygens (including phenoxy) is 1. The van der Waals surface area contributed by atoms with Crippen LogP contribution >= 0.6 is 11.6 Å². The molecular weight excluding hydrogens is 240 g/mol. The Morgan fingerprint density at radius 3 is 2.71 bits per heavy atom. The summed E-state index contributed by atoms with van der Waals surface area (Å²) < 4.78 is 5.06. The molecule has 1 amide bonds. The average molecular weight is 257 g/mol. The van der Waals surface area contributed by atoms with Gasteiger partial charge >= 0.3 is 0 Å². The van der Waals surface area contributed by atoms with Gasteiger partial charge in [-0.3, -0.25) is 4.79 Å². The van der Waals surface area contributed by atoms with E-state index in [2.05, 4.69) is 5.32 Å². The van der Waals surface area contributed by atoms with Crippen LogP contribution in [0.15, 0.2) is 18.2 Å². The number of carbonyl (C=O) groups excluding carboxylic acids is 1. The molecule has 1 aromatic carbocycles. The van der Waals surface area contributed by atoms with Gasteiger partial charge in [-0.1, -0.05) is 11.6 Å². The van der Waals surface area contributed by atoms with Crippen LogP contribution in [0.1, 0.15) is 20.3 Å². The van der Waals surface area contributed by atoms with Gasteiger partial charge in [-0.05, 0) is 26.0 Å². The van der Waals surface area contributed by atoms with Crippen molar-refractivity contribution in [1.82, 2.24) is 0 Å². The minimum absolute atomic E-state index is 0.137. The SMILES string of the molecule is COc1cc(NC(=O)CC(C)(C)N)ccc1Cl. The van der Waals surface area contributed by atoms with Gasteiger partial charge in [0.1, 0.15) is 5.75 Å². The zero-order chi connectivity index (χ0) is 13.1. The molecular formula is C12H17ClN2O2. The number of anilines is 1. The van der Waals surface area contributed by atoms with Crippen molar-refractivity contribution < 1.29 is 9.53 Å². The van der Waals surface area contributed by atoms with E-state index in [-0.39, 0.29) is 12.3 Å². The van der Waals surface area contributed by atoms with Crippen molar-refractivity contribution in [3.8, 4) is 5.75 Å². The maximum Gasteiger partial charge on any atom is 0.226 e. The van der Waals surface area contributed by atoms with E-state index in [1.54, 1.807) is 32.0 Å². The predicted molar refractivity (Wildman–Crippen MR) is 69.5 cm³/mol. The molecule has 0 aliphatic rings. The second-order valence-electron chi connectivity index (χ2n) is 4.56. The number of nitrogens with one attached hydrogen (secondary N) is 1. The minimum Gasteiger partial charge on any atom is -0.495 e. The summed E-state index contributed by atoms with van der Waals surface area (Å²) in [5, 5.41) is 3.25. The molecule has 0 aliphatic carbocycles. The highest BCUT2D eigenvalue weighted by Gasteiger charge is 2.16. The monoisotopic (exact) mass is 256 g/mol. The molecule has 0 bridgehead atoms. The van der Waals surface area contributed by atoms with E-state index in [4.69, 9.17) is 22.1 Å². The molecule has 94 valence electrons. The number of halogens is 1. The zero-order valence-corrected chi connectivity index (χ0v) is 11.0. The van der Waals surface area contributed by atoms with E-state index in [1.165, 1.54) is 7.11 Å². The molecule has 0 spiro atoms. The molecule has 0 aliphatic heterocycles. The lowest BCUT2D eigenvalue weighted by Gasteiger charge is -2.17. The number of benzene rings is 1. The molecule has 5 heteroatoms. The largest absolute Gasteiger partial charge is 0.495 e. The molecule has 0 aromatic heterocycles. The summed E-state index contributed by atoms with van der Waals surface area (Å²) in [6.07, 6.45) is 0.248. The minimum atomic E-state index is -0.527. The zero-order valence-electron chi connectivity index (χ0n) is 10.2. The molecule has 0 saturated heterocycles. The third kappa shape index (κ3) is 4.63. The highest BCUT2D eigenvalue weighted by Crippen LogP contribution is 2.27. The van der Waals surface area contributed by atoms with E-state index in [9.17, 15) is 4.79 Å². The van der Waals surface area contributed by atoms with Gasteiger partial charge in [0.05, 0.1) is 12.1 Å². The Labute approximate surface area is 106 Å². The predicted octanol–water partition coefficient (Wildman–Crippen LogP) is 2.41. The topological polar surface area (TPSA) is 64.3 Å². The standard InChI is InChI=1S/C12H17ClN2O2/c1-12(2,14)7-11(16)15-8-4-5-9(13)10(6-8)17-3/h4-6H,7,14H2,1-3H3,(H,15,16). The molecule has 0 radical (unpaired) electrons. The van der Waals surface area contributed by atoms with Crippen LogP contribution in [0.25, 0.3) is 0 Å². The first-order valence-electron chi connectivity index (χ1n) is 5.24. The first-order valence-corrected chi connectivity index (χ1v) is 5.62. The van der Waals surface area contributed by atoms with Crippen LogP contribution in [0.5, 0.6) is 5.75 Å². The summed E-state index contributed by atoms with van der Waals surface area (Å²) in [6, 6.07) is 5.06. The van der Waals surface area contributed by atoms with Gasteiger partial charge in [-0.2, -0.15) is 0 Å². The van der Waals surface area contributed by atoms with Gasteiger partial charge in [-0.15, -0.1) is 0 Å². The van der Waals surface area contributed by atoms with Crippen LogP contribution in [0.3, 0.4) is 0 Å². The maximum atomic E-state index is 11.6. The van der Waals surface area contributed by atoms with Gasteiger partial charge in [0.15, 0.2) is 0 Å². The summed E-state index contributed by atoms with van der Waals surface area (Å²) in [5.74, 6) is 0.387. The third-order valence-corrected chi connectivity index (χ3v) is 2.36. The number of nitrogens with two attached hydrogens (primary N) is 1. The molecule has 3 N–H and O–H groups in total. The van der Waals surface area contributed by atoms with E-state index < -0.39 is 5.54 Å². The number of rotatable bonds is 4. The number of amides is 1. The van der Waals surface area contributed by atoms with Crippen LogP contribution in [-0.2, 0) is 4.79 Å². The van der Waals surface area contributed by atoms with Gasteiger partial charge in [0, 0.05) is 23.7 Å². The molecule has 1 aromatic rings. The first-order chi connectivity index (χ1) is 7.81. The number of hydrogen-bond donors (Lipinski definition) is 2. The second kappa shape index (κ2) is 5.38. The molecule has 0 heterocycles. The lowest BCUT2D eigenvalue weighted by atomic mass is 10.0. The van der Waals surface area contributed by atoms with E-state index in [0.717, 1.165) is 0 Å². The first kappa shape index (κ1) is 13.8. The summed E-state index contributed by atoms with van der Waals surface area (Å²) in [7, 11) is 1.52. The fourth-order valence-corrected chi connectivity index (χ4v) is 1.55. The highest BCUT2D eigenvalue weighted by molar-refractivity contribution is 6.32. The molecule has 1 rings (SSSR count). The Balaban J connectivity index is 2.72. The molecule has 0 saturated carbocycles. The van der Waals surface area contributed by atoms with Crippen molar-refractivity contribution in [3.63, 3.8) is 0 Å². The van der Waals surface area contributed by atoms with Crippen LogP contribution in [0.4, 0.5) is 5.69 Å². The second-order valence-corrected chi connectivity index (χ2v) is 4.97. The van der Waals surface area contributed by atoms with E-state index in [1.807, 2.05) is 0 Å². The Kier molecular flexibility index (Phi) is 4.37. The van der Waals surface area contributed by atoms with Crippen molar-refractivity contribution in [1.29, 1.82) is 0 Å². The Hall–Kier alpha value is -1.26. The lowest BCUT2D eigenvalue weighted by molar-refractivity contribution is -0.117. The van der Waals surface area contributed by atoms with Crippen molar-refractivity contribution in [3.05, 3.63) is 23.2 Å². The van der Waals surface area contributed by atoms with Crippen molar-refractivity contribution >= 4 is 23.2 Å². The Morgan fingerprint density at radius 2 is 2.18 bits per heavy atom. The van der Waals surface area contributed by atoms with Gasteiger partial charge < -0.3 is 15.8 Å². The normalized spacial score (nSPS) is 11.1. The summed E-state index contributed by atoms with van der Waals surface area (Å²) in [6.45, 7) is 3.60. The Morgan fingerprint density at radius 1 is 1.53 bits per heavy atom. The van der Waals surface area contributed by atoms with Crippen molar-refractivity contribution in [2.24, 2.45) is 5.73 Å². The van der Waals surface area contributed by atoms with Crippen LogP contribution in [0, 0.1) is 0 Å². The molecule has 0 unspecified atom stereocenters. The van der Waals surface area contributed by atoms with Crippen LogP contribution < -0.4 is 15.8 Å². The van der Waals surface area contributed by atoms with Gasteiger partial charge in [0.2, 0.25) is 5.91 Å².